The van der Waals surface area contributed by atoms with Crippen molar-refractivity contribution in [2.24, 2.45) is 0 Å². The van der Waals surface area contributed by atoms with Crippen molar-refractivity contribution >= 4 is 5.97 Å². The minimum Gasteiger partial charge on any atom is -0.460 e. The van der Waals surface area contributed by atoms with Gasteiger partial charge in [-0.1, -0.05) is 6.92 Å². The van der Waals surface area contributed by atoms with E-state index >= 15 is 0 Å². The van der Waals surface area contributed by atoms with E-state index in [1.165, 1.54) is 0 Å². The molecule has 0 aliphatic carbocycles. The molecule has 1 heterocycles. The zero-order valence-electron chi connectivity index (χ0n) is 11.7. The molecule has 0 spiro atoms. The Kier molecular flexibility index (Phi) is 5.98. The molecule has 6 heteroatoms. The van der Waals surface area contributed by atoms with Gasteiger partial charge >= 0.3 is 5.97 Å². The zero-order valence-corrected chi connectivity index (χ0v) is 11.7. The molecule has 1 aromatic heterocycles. The summed E-state index contributed by atoms with van der Waals surface area (Å²) in [6.07, 6.45) is 3.78. The third-order valence-electron chi connectivity index (χ3n) is 3.21. The molecule has 0 saturated heterocycles. The average Bonchev–Trinajstić information content (AvgIpc) is 2.76. The first-order valence-electron chi connectivity index (χ1n) is 6.51. The number of carbonyl (C=O) groups excluding carboxylic acids is 1. The van der Waals surface area contributed by atoms with Crippen LogP contribution in [0.3, 0.4) is 0 Å². The third-order valence-corrected chi connectivity index (χ3v) is 3.21. The van der Waals surface area contributed by atoms with Gasteiger partial charge in [0.15, 0.2) is 6.54 Å². The van der Waals surface area contributed by atoms with Crippen molar-refractivity contribution in [1.29, 1.82) is 0 Å². The van der Waals surface area contributed by atoms with Gasteiger partial charge in [0.1, 0.15) is 25.1 Å². The number of ether oxygens (including phenoxy) is 1. The van der Waals surface area contributed by atoms with Crippen molar-refractivity contribution in [3.8, 4) is 0 Å². The van der Waals surface area contributed by atoms with Gasteiger partial charge in [0, 0.05) is 6.92 Å². The predicted octanol–water partition coefficient (Wildman–Crippen LogP) is -0.0486. The van der Waals surface area contributed by atoms with Gasteiger partial charge in [-0.25, -0.2) is 13.9 Å². The fraction of sp³-hybridized carbons (Fsp3) is 0.692. The van der Waals surface area contributed by atoms with Gasteiger partial charge < -0.3 is 14.9 Å². The van der Waals surface area contributed by atoms with Crippen LogP contribution in [0.4, 0.5) is 0 Å². The minimum absolute atomic E-state index is 0.105. The maximum absolute atomic E-state index is 11.6. The Labute approximate surface area is 113 Å². The Morgan fingerprint density at radius 3 is 2.84 bits per heavy atom. The quantitative estimate of drug-likeness (QED) is 0.538. The van der Waals surface area contributed by atoms with Crippen LogP contribution in [0, 0.1) is 6.92 Å². The highest BCUT2D eigenvalue weighted by molar-refractivity contribution is 5.67. The molecule has 2 N–H and O–H groups in total. The third kappa shape index (κ3) is 4.33. The highest BCUT2D eigenvalue weighted by Crippen LogP contribution is 2.10. The number of rotatable bonds is 7. The number of hydrogen-bond donors (Lipinski definition) is 2. The molecular formula is C13H23N2O4+. The fourth-order valence-electron chi connectivity index (χ4n) is 1.77. The summed E-state index contributed by atoms with van der Waals surface area (Å²) >= 11 is 0. The normalized spacial score (nSPS) is 14.2. The SMILES string of the molecule is CCC(C)n1cc[n+](CC(=O)OCC(O)CO)c1C. The summed E-state index contributed by atoms with van der Waals surface area (Å²) in [7, 11) is 0. The van der Waals surface area contributed by atoms with Gasteiger partial charge in [0.25, 0.3) is 5.82 Å². The molecule has 0 amide bonds. The number of imidazole rings is 1. The molecule has 0 aliphatic rings. The molecule has 2 unspecified atom stereocenters. The Bertz CT molecular complexity index is 417. The van der Waals surface area contributed by atoms with Crippen LogP contribution in [-0.2, 0) is 16.1 Å². The van der Waals surface area contributed by atoms with Gasteiger partial charge in [-0.05, 0) is 13.3 Å². The Balaban J connectivity index is 2.58. The number of esters is 1. The van der Waals surface area contributed by atoms with E-state index in [4.69, 9.17) is 14.9 Å². The van der Waals surface area contributed by atoms with Gasteiger partial charge in [-0.2, -0.15) is 0 Å². The molecule has 19 heavy (non-hydrogen) atoms. The number of aromatic nitrogens is 2. The number of carbonyl (C=O) groups is 1. The highest BCUT2D eigenvalue weighted by Gasteiger charge is 2.19. The van der Waals surface area contributed by atoms with Crippen LogP contribution < -0.4 is 4.57 Å². The van der Waals surface area contributed by atoms with Gasteiger partial charge in [-0.15, -0.1) is 0 Å². The fourth-order valence-corrected chi connectivity index (χ4v) is 1.77. The van der Waals surface area contributed by atoms with Crippen LogP contribution >= 0.6 is 0 Å². The zero-order chi connectivity index (χ0) is 14.4. The average molecular weight is 271 g/mol. The summed E-state index contributed by atoms with van der Waals surface area (Å²) in [5, 5.41) is 17.7. The maximum atomic E-state index is 11.6. The van der Waals surface area contributed by atoms with E-state index in [1.807, 2.05) is 19.3 Å². The van der Waals surface area contributed by atoms with E-state index in [1.54, 1.807) is 4.57 Å². The van der Waals surface area contributed by atoms with Gasteiger partial charge in [0.2, 0.25) is 0 Å². The number of nitrogens with zero attached hydrogens (tertiary/aromatic N) is 2. The topological polar surface area (TPSA) is 75.6 Å². The van der Waals surface area contributed by atoms with Crippen molar-refractivity contribution in [1.82, 2.24) is 4.57 Å². The Morgan fingerprint density at radius 2 is 2.26 bits per heavy atom. The molecule has 108 valence electrons. The molecule has 0 bridgehead atoms. The molecule has 0 radical (unpaired) electrons. The van der Waals surface area contributed by atoms with Crippen molar-refractivity contribution in [2.75, 3.05) is 13.2 Å². The van der Waals surface area contributed by atoms with Gasteiger partial charge in [0.05, 0.1) is 12.6 Å². The lowest BCUT2D eigenvalue weighted by Crippen LogP contribution is -2.41. The molecule has 1 rings (SSSR count). The van der Waals surface area contributed by atoms with Crippen LogP contribution in [0.2, 0.25) is 0 Å². The lowest BCUT2D eigenvalue weighted by molar-refractivity contribution is -0.691. The van der Waals surface area contributed by atoms with E-state index < -0.39 is 18.7 Å². The maximum Gasteiger partial charge on any atom is 0.348 e. The standard InChI is InChI=1S/C13H23N2O4/c1-4-10(2)15-6-5-14(11(15)3)7-13(18)19-9-12(17)8-16/h5-6,10,12,16-17H,4,7-9H2,1-3H3/q+1. The lowest BCUT2D eigenvalue weighted by Gasteiger charge is -2.08. The van der Waals surface area contributed by atoms with E-state index in [-0.39, 0.29) is 13.2 Å². The monoisotopic (exact) mass is 271 g/mol. The number of aliphatic hydroxyl groups is 2. The van der Waals surface area contributed by atoms with Gasteiger partial charge in [-0.3, -0.25) is 0 Å². The number of aliphatic hydroxyl groups excluding tert-OH is 2. The van der Waals surface area contributed by atoms with Crippen molar-refractivity contribution < 1.29 is 24.3 Å². The number of hydrogen-bond acceptors (Lipinski definition) is 4. The molecule has 6 nitrogen and oxygen atoms in total. The largest absolute Gasteiger partial charge is 0.460 e. The molecule has 0 fully saturated rings. The second-order valence-corrected chi connectivity index (χ2v) is 4.66. The van der Waals surface area contributed by atoms with Crippen LogP contribution in [0.15, 0.2) is 12.4 Å². The first-order chi connectivity index (χ1) is 8.99. The van der Waals surface area contributed by atoms with Crippen molar-refractivity contribution in [3.05, 3.63) is 18.2 Å². The highest BCUT2D eigenvalue weighted by atomic mass is 16.5. The van der Waals surface area contributed by atoms with E-state index in [0.29, 0.717) is 6.04 Å². The summed E-state index contributed by atoms with van der Waals surface area (Å²) in [5.41, 5.74) is 0. The first-order valence-corrected chi connectivity index (χ1v) is 6.51. The molecular weight excluding hydrogens is 248 g/mol. The van der Waals surface area contributed by atoms with Crippen molar-refractivity contribution in [2.45, 2.75) is 45.9 Å². The Hall–Kier alpha value is -1.40. The molecule has 1 aromatic rings. The summed E-state index contributed by atoms with van der Waals surface area (Å²) in [6.45, 7) is 5.69. The van der Waals surface area contributed by atoms with E-state index in [9.17, 15) is 4.79 Å². The molecule has 0 saturated carbocycles. The first kappa shape index (κ1) is 15.7. The summed E-state index contributed by atoms with van der Waals surface area (Å²) in [4.78, 5) is 11.6. The summed E-state index contributed by atoms with van der Waals surface area (Å²) in [5.74, 6) is 0.552. The molecule has 0 aromatic carbocycles. The van der Waals surface area contributed by atoms with Crippen LogP contribution in [-0.4, -0.2) is 40.1 Å². The van der Waals surface area contributed by atoms with Crippen LogP contribution in [0.1, 0.15) is 32.1 Å². The smallest absolute Gasteiger partial charge is 0.348 e. The predicted molar refractivity (Wildman–Crippen MR) is 68.4 cm³/mol. The van der Waals surface area contributed by atoms with Crippen LogP contribution in [0.25, 0.3) is 0 Å². The van der Waals surface area contributed by atoms with E-state index in [2.05, 4.69) is 18.4 Å². The summed E-state index contributed by atoms with van der Waals surface area (Å²) in [6, 6.07) is 0.383. The van der Waals surface area contributed by atoms with E-state index in [0.717, 1.165) is 12.2 Å². The minimum atomic E-state index is -1.01. The Morgan fingerprint density at radius 1 is 1.58 bits per heavy atom. The van der Waals surface area contributed by atoms with Crippen molar-refractivity contribution in [3.63, 3.8) is 0 Å². The molecule has 0 aliphatic heterocycles. The second-order valence-electron chi connectivity index (χ2n) is 4.66. The lowest BCUT2D eigenvalue weighted by atomic mass is 10.2. The second kappa shape index (κ2) is 7.25. The van der Waals surface area contributed by atoms with Crippen LogP contribution in [0.5, 0.6) is 0 Å². The molecule has 2 atom stereocenters. The summed E-state index contributed by atoms with van der Waals surface area (Å²) < 4.78 is 8.78.